The lowest BCUT2D eigenvalue weighted by Crippen LogP contribution is -2.52. The summed E-state index contributed by atoms with van der Waals surface area (Å²) in [6.45, 7) is 6.20. The number of nitrogens with one attached hydrogen (secondary N) is 3. The van der Waals surface area contributed by atoms with Crippen molar-refractivity contribution in [2.75, 3.05) is 23.1 Å². The van der Waals surface area contributed by atoms with Crippen LogP contribution in [0.4, 0.5) is 21.0 Å². The third-order valence-corrected chi connectivity index (χ3v) is 5.35. The minimum Gasteiger partial charge on any atom is -0.611 e. The molecule has 4 amide bonds. The molecular formula is C18H26N4O7S. The fourth-order valence-corrected chi connectivity index (χ4v) is 3.76. The van der Waals surface area contributed by atoms with Crippen LogP contribution in [-0.4, -0.2) is 52.8 Å². The largest absolute Gasteiger partial charge is 0.611 e. The molecule has 0 radical (unpaired) electrons. The van der Waals surface area contributed by atoms with Crippen LogP contribution >= 0.6 is 0 Å². The Kier molecular flexibility index (Phi) is 9.40. The zero-order chi connectivity index (χ0) is 23.0. The number of ether oxygens (including phenoxy) is 1. The van der Waals surface area contributed by atoms with E-state index in [4.69, 9.17) is 5.11 Å². The molecule has 0 fully saturated rings. The topological polar surface area (TPSA) is 160 Å². The Bertz CT molecular complexity index is 789. The summed E-state index contributed by atoms with van der Waals surface area (Å²) in [6, 6.07) is 4.38. The molecule has 0 spiro atoms. The first kappa shape index (κ1) is 25.0. The number of carbonyl (C=O) groups excluding carboxylic acids is 3. The van der Waals surface area contributed by atoms with Crippen LogP contribution in [0.2, 0.25) is 0 Å². The molecule has 2 unspecified atom stereocenters. The standard InChI is InChI=1S/C18H26N4O7S/c1-10(2)9-30(28)13-6-7-15(22(11(3)23)12(4)24)14(8-13)19-16(20-17(25)26)21-18(27)29-5/h6-8,10,16,19-20H,9H2,1-5H3,(H,21,27)(H,25,26). The predicted molar refractivity (Wildman–Crippen MR) is 111 cm³/mol. The molecule has 166 valence electrons. The summed E-state index contributed by atoms with van der Waals surface area (Å²) in [5.74, 6) is -0.634. The third-order valence-electron chi connectivity index (χ3n) is 3.60. The number of rotatable bonds is 8. The Hall–Kier alpha value is -2.99. The van der Waals surface area contributed by atoms with Gasteiger partial charge in [0.25, 0.3) is 0 Å². The zero-order valence-electron chi connectivity index (χ0n) is 17.3. The Morgan fingerprint density at radius 1 is 1.17 bits per heavy atom. The normalized spacial score (nSPS) is 12.5. The number of alkyl carbamates (subject to hydrolysis) is 1. The molecule has 0 bridgehead atoms. The zero-order valence-corrected chi connectivity index (χ0v) is 18.2. The SMILES string of the molecule is COC(=O)NC(NC(=O)O)Nc1cc([S+]([O-])CC(C)C)ccc1N(C(C)=O)C(C)=O. The van der Waals surface area contributed by atoms with Gasteiger partial charge in [-0.1, -0.05) is 13.8 Å². The lowest BCUT2D eigenvalue weighted by Gasteiger charge is -2.26. The second kappa shape index (κ2) is 11.3. The fraction of sp³-hybridized carbons (Fsp3) is 0.444. The molecule has 0 aromatic heterocycles. The lowest BCUT2D eigenvalue weighted by molar-refractivity contribution is -0.124. The van der Waals surface area contributed by atoms with E-state index in [1.807, 2.05) is 19.2 Å². The van der Waals surface area contributed by atoms with E-state index < -0.39 is 41.5 Å². The Morgan fingerprint density at radius 3 is 2.23 bits per heavy atom. The highest BCUT2D eigenvalue weighted by atomic mass is 32.2. The van der Waals surface area contributed by atoms with Crippen LogP contribution in [0.3, 0.4) is 0 Å². The first-order valence-electron chi connectivity index (χ1n) is 8.90. The molecule has 11 nitrogen and oxygen atoms in total. The Morgan fingerprint density at radius 2 is 1.77 bits per heavy atom. The average Bonchev–Trinajstić information content (AvgIpc) is 2.61. The van der Waals surface area contributed by atoms with Crippen LogP contribution in [-0.2, 0) is 25.5 Å². The van der Waals surface area contributed by atoms with Gasteiger partial charge in [0.2, 0.25) is 11.8 Å². The van der Waals surface area contributed by atoms with Crippen LogP contribution in [0.25, 0.3) is 0 Å². The van der Waals surface area contributed by atoms with E-state index in [1.165, 1.54) is 32.0 Å². The van der Waals surface area contributed by atoms with E-state index in [-0.39, 0.29) is 17.3 Å². The molecule has 1 aromatic carbocycles. The molecule has 2 atom stereocenters. The number of hydrogen-bond donors (Lipinski definition) is 4. The molecule has 4 N–H and O–H groups in total. The highest BCUT2D eigenvalue weighted by Crippen LogP contribution is 2.30. The highest BCUT2D eigenvalue weighted by Gasteiger charge is 2.25. The van der Waals surface area contributed by atoms with E-state index >= 15 is 0 Å². The minimum absolute atomic E-state index is 0.101. The van der Waals surface area contributed by atoms with Crippen molar-refractivity contribution in [2.24, 2.45) is 5.92 Å². The van der Waals surface area contributed by atoms with E-state index in [1.54, 1.807) is 0 Å². The van der Waals surface area contributed by atoms with Crippen LogP contribution in [0.15, 0.2) is 23.1 Å². The van der Waals surface area contributed by atoms with Crippen LogP contribution < -0.4 is 20.9 Å². The quantitative estimate of drug-likeness (QED) is 0.349. The summed E-state index contributed by atoms with van der Waals surface area (Å²) >= 11 is -1.38. The second-order valence-electron chi connectivity index (χ2n) is 6.62. The summed E-state index contributed by atoms with van der Waals surface area (Å²) in [5.41, 5.74) is 0.203. The first-order chi connectivity index (χ1) is 14.0. The molecule has 0 aliphatic carbocycles. The van der Waals surface area contributed by atoms with Crippen molar-refractivity contribution in [3.63, 3.8) is 0 Å². The van der Waals surface area contributed by atoms with Gasteiger partial charge in [0.1, 0.15) is 5.75 Å². The second-order valence-corrected chi connectivity index (χ2v) is 8.12. The smallest absolute Gasteiger partial charge is 0.409 e. The van der Waals surface area contributed by atoms with E-state index in [9.17, 15) is 23.7 Å². The molecule has 30 heavy (non-hydrogen) atoms. The van der Waals surface area contributed by atoms with Crippen molar-refractivity contribution in [1.82, 2.24) is 10.6 Å². The summed E-state index contributed by atoms with van der Waals surface area (Å²) in [4.78, 5) is 47.9. The summed E-state index contributed by atoms with van der Waals surface area (Å²) in [6.07, 6.45) is -3.76. The van der Waals surface area contributed by atoms with Gasteiger partial charge < -0.3 is 19.7 Å². The van der Waals surface area contributed by atoms with E-state index in [2.05, 4.69) is 15.4 Å². The average molecular weight is 442 g/mol. The molecule has 0 saturated heterocycles. The maximum Gasteiger partial charge on any atom is 0.409 e. The predicted octanol–water partition coefficient (Wildman–Crippen LogP) is 1.67. The highest BCUT2D eigenvalue weighted by molar-refractivity contribution is 7.91. The molecule has 1 aromatic rings. The van der Waals surface area contributed by atoms with Crippen molar-refractivity contribution < 1.29 is 33.6 Å². The summed E-state index contributed by atoms with van der Waals surface area (Å²) < 4.78 is 17.0. The monoisotopic (exact) mass is 442 g/mol. The van der Waals surface area contributed by atoms with Crippen molar-refractivity contribution in [2.45, 2.75) is 38.9 Å². The van der Waals surface area contributed by atoms with Gasteiger partial charge in [-0.25, -0.2) is 14.5 Å². The van der Waals surface area contributed by atoms with Gasteiger partial charge in [-0.05, 0) is 29.2 Å². The number of carbonyl (C=O) groups is 4. The minimum atomic E-state index is -1.46. The lowest BCUT2D eigenvalue weighted by atomic mass is 10.2. The number of imide groups is 1. The third kappa shape index (κ3) is 7.44. The number of nitrogens with zero attached hydrogens (tertiary/aromatic N) is 1. The van der Waals surface area contributed by atoms with Crippen molar-refractivity contribution in [3.8, 4) is 0 Å². The fourth-order valence-electron chi connectivity index (χ4n) is 2.49. The van der Waals surface area contributed by atoms with Gasteiger partial charge in [0.05, 0.1) is 18.5 Å². The van der Waals surface area contributed by atoms with Crippen LogP contribution in [0, 0.1) is 5.92 Å². The van der Waals surface area contributed by atoms with Crippen molar-refractivity contribution >= 4 is 46.6 Å². The number of amides is 4. The van der Waals surface area contributed by atoms with Crippen molar-refractivity contribution in [1.29, 1.82) is 0 Å². The maximum absolute atomic E-state index is 12.6. The number of anilines is 2. The van der Waals surface area contributed by atoms with Crippen LogP contribution in [0.5, 0.6) is 0 Å². The van der Waals surface area contributed by atoms with Gasteiger partial charge >= 0.3 is 12.2 Å². The molecule has 0 saturated carbocycles. The van der Waals surface area contributed by atoms with Gasteiger partial charge in [-0.2, -0.15) is 0 Å². The number of benzene rings is 1. The molecule has 12 heteroatoms. The van der Waals surface area contributed by atoms with E-state index in [0.29, 0.717) is 10.6 Å². The van der Waals surface area contributed by atoms with Gasteiger partial charge in [-0.15, -0.1) is 0 Å². The molecular weight excluding hydrogens is 416 g/mol. The number of carboxylic acid groups (broad SMARTS) is 1. The van der Waals surface area contributed by atoms with Gasteiger partial charge in [0, 0.05) is 19.9 Å². The van der Waals surface area contributed by atoms with Gasteiger partial charge in [-0.3, -0.25) is 20.2 Å². The molecule has 0 aliphatic heterocycles. The summed E-state index contributed by atoms with van der Waals surface area (Å²) in [5, 5.41) is 16.0. The molecule has 0 heterocycles. The summed E-state index contributed by atoms with van der Waals surface area (Å²) in [7, 11) is 1.10. The first-order valence-corrected chi connectivity index (χ1v) is 10.2. The number of hydrogen-bond acceptors (Lipinski definition) is 7. The molecule has 1 rings (SSSR count). The number of methoxy groups -OCH3 is 1. The van der Waals surface area contributed by atoms with Gasteiger partial charge in [0.15, 0.2) is 11.2 Å². The van der Waals surface area contributed by atoms with E-state index in [0.717, 1.165) is 12.0 Å². The van der Waals surface area contributed by atoms with Crippen molar-refractivity contribution in [3.05, 3.63) is 18.2 Å². The maximum atomic E-state index is 12.6. The Balaban J connectivity index is 3.45. The van der Waals surface area contributed by atoms with Crippen LogP contribution in [0.1, 0.15) is 27.7 Å². The molecule has 0 aliphatic rings. The Labute approximate surface area is 177 Å².